The normalized spacial score (nSPS) is 9.58. The Morgan fingerprint density at radius 3 is 2.79 bits per heavy atom. The Bertz CT molecular complexity index is 432. The lowest BCUT2D eigenvalue weighted by atomic mass is 10.5. The Labute approximate surface area is 114 Å². The number of nitrogens with zero attached hydrogens (tertiary/aromatic N) is 1. The molecule has 0 aliphatic rings. The first kappa shape index (κ1) is 14.9. The van der Waals surface area contributed by atoms with E-state index in [1.165, 1.54) is 20.4 Å². The third kappa shape index (κ3) is 4.21. The van der Waals surface area contributed by atoms with Crippen LogP contribution in [0.5, 0.6) is 0 Å². The highest BCUT2D eigenvalue weighted by atomic mass is 32.2. The lowest BCUT2D eigenvalue weighted by molar-refractivity contribution is 0.199. The van der Waals surface area contributed by atoms with Crippen molar-refractivity contribution < 1.29 is 18.7 Å². The van der Waals surface area contributed by atoms with Gasteiger partial charge in [-0.2, -0.15) is 4.90 Å². The molecule has 8 nitrogen and oxygen atoms in total. The zero-order chi connectivity index (χ0) is 14.3. The Kier molecular flexibility index (Phi) is 5.73. The summed E-state index contributed by atoms with van der Waals surface area (Å²) in [5.74, 6) is 1.08. The molecule has 1 heterocycles. The zero-order valence-corrected chi connectivity index (χ0v) is 11.2. The van der Waals surface area contributed by atoms with E-state index < -0.39 is 18.1 Å². The quantitative estimate of drug-likeness (QED) is 0.442. The van der Waals surface area contributed by atoms with E-state index in [1.807, 2.05) is 0 Å². The molecule has 9 heteroatoms. The van der Waals surface area contributed by atoms with Gasteiger partial charge >= 0.3 is 18.1 Å². The van der Waals surface area contributed by atoms with Gasteiger partial charge in [-0.05, 0) is 24.1 Å². The van der Waals surface area contributed by atoms with Crippen LogP contribution in [0.15, 0.2) is 22.8 Å². The van der Waals surface area contributed by atoms with E-state index in [1.54, 1.807) is 12.1 Å². The number of hydrogen-bond donors (Lipinski definition) is 3. The van der Waals surface area contributed by atoms with Crippen molar-refractivity contribution in [1.29, 1.82) is 5.41 Å². The first-order valence-electron chi connectivity index (χ1n) is 5.18. The third-order valence-electron chi connectivity index (χ3n) is 1.97. The highest BCUT2D eigenvalue weighted by molar-refractivity contribution is 7.97. The first-order chi connectivity index (χ1) is 9.10. The summed E-state index contributed by atoms with van der Waals surface area (Å²) >= 11 is 1.04. The van der Waals surface area contributed by atoms with E-state index in [0.717, 1.165) is 11.9 Å². The van der Waals surface area contributed by atoms with Crippen LogP contribution in [-0.2, 0) is 10.5 Å². The molecular formula is C10H14N4O4S. The second-order valence-corrected chi connectivity index (χ2v) is 3.96. The molecule has 0 spiro atoms. The summed E-state index contributed by atoms with van der Waals surface area (Å²) in [6.07, 6.45) is 1.52. The average Bonchev–Trinajstić information content (AvgIpc) is 2.91. The molecule has 1 rings (SSSR count). The molecular weight excluding hydrogens is 272 g/mol. The van der Waals surface area contributed by atoms with E-state index in [2.05, 4.69) is 14.8 Å². The third-order valence-corrected chi connectivity index (χ3v) is 2.72. The largest absolute Gasteiger partial charge is 0.468 e. The second-order valence-electron chi connectivity index (χ2n) is 3.18. The Morgan fingerprint density at radius 2 is 2.26 bits per heavy atom. The van der Waals surface area contributed by atoms with Crippen LogP contribution in [-0.4, -0.2) is 37.1 Å². The molecule has 0 saturated heterocycles. The molecule has 0 aliphatic heterocycles. The van der Waals surface area contributed by atoms with Crippen molar-refractivity contribution in [1.82, 2.24) is 14.9 Å². The van der Waals surface area contributed by atoms with E-state index in [9.17, 15) is 9.59 Å². The van der Waals surface area contributed by atoms with Gasteiger partial charge in [-0.1, -0.05) is 0 Å². The number of carbonyl (C=O) groups is 2. The number of furan rings is 1. The molecule has 0 saturated carbocycles. The van der Waals surface area contributed by atoms with Crippen LogP contribution in [0.3, 0.4) is 0 Å². The molecule has 0 aromatic carbocycles. The van der Waals surface area contributed by atoms with Crippen molar-refractivity contribution in [2.75, 3.05) is 14.2 Å². The topological polar surface area (TPSA) is 108 Å². The Balaban J connectivity index is 2.52. The molecule has 0 bridgehead atoms. The summed E-state index contributed by atoms with van der Waals surface area (Å²) in [6, 6.07) is 1.38. The fourth-order valence-corrected chi connectivity index (χ4v) is 1.68. The van der Waals surface area contributed by atoms with Crippen LogP contribution in [0.25, 0.3) is 0 Å². The highest BCUT2D eigenvalue weighted by Crippen LogP contribution is 2.10. The molecule has 0 atom stereocenters. The van der Waals surface area contributed by atoms with Gasteiger partial charge in [-0.15, -0.1) is 0 Å². The maximum Gasteiger partial charge on any atom is 0.343 e. The number of amidine groups is 1. The van der Waals surface area contributed by atoms with Crippen molar-refractivity contribution in [3.8, 4) is 0 Å². The number of ether oxygens (including phenoxy) is 1. The number of nitrogens with one attached hydrogen (secondary N) is 3. The Morgan fingerprint density at radius 1 is 1.53 bits per heavy atom. The predicted molar refractivity (Wildman–Crippen MR) is 69.6 cm³/mol. The summed E-state index contributed by atoms with van der Waals surface area (Å²) in [4.78, 5) is 23.7. The van der Waals surface area contributed by atoms with E-state index in [4.69, 9.17) is 9.83 Å². The molecule has 3 N–H and O–H groups in total. The smallest absolute Gasteiger partial charge is 0.343 e. The average molecular weight is 286 g/mol. The molecule has 0 unspecified atom stereocenters. The summed E-state index contributed by atoms with van der Waals surface area (Å²) in [7, 11) is 2.54. The van der Waals surface area contributed by atoms with Gasteiger partial charge in [0.25, 0.3) is 0 Å². The first-order valence-corrected chi connectivity index (χ1v) is 6.17. The van der Waals surface area contributed by atoms with E-state index in [-0.39, 0.29) is 0 Å². The van der Waals surface area contributed by atoms with E-state index >= 15 is 0 Å². The summed E-state index contributed by atoms with van der Waals surface area (Å²) < 4.78 is 12.1. The fourth-order valence-electron chi connectivity index (χ4n) is 1.09. The molecule has 0 fully saturated rings. The number of methoxy groups -OCH3 is 1. The minimum atomic E-state index is -0.775. The monoisotopic (exact) mass is 286 g/mol. The van der Waals surface area contributed by atoms with Gasteiger partial charge in [-0.25, -0.2) is 9.59 Å². The number of hydrogen-bond acceptors (Lipinski definition) is 6. The van der Waals surface area contributed by atoms with Gasteiger partial charge < -0.3 is 14.5 Å². The maximum atomic E-state index is 11.8. The van der Waals surface area contributed by atoms with Gasteiger partial charge in [-0.3, -0.25) is 10.1 Å². The summed E-state index contributed by atoms with van der Waals surface area (Å²) in [5.41, 5.74) is 0. The van der Waals surface area contributed by atoms with Gasteiger partial charge in [0.1, 0.15) is 5.76 Å². The second kappa shape index (κ2) is 7.31. The van der Waals surface area contributed by atoms with Gasteiger partial charge in [0.05, 0.1) is 19.1 Å². The van der Waals surface area contributed by atoms with Gasteiger partial charge in [0.2, 0.25) is 0 Å². The molecule has 1 aromatic rings. The van der Waals surface area contributed by atoms with Crippen LogP contribution in [0.4, 0.5) is 9.59 Å². The number of rotatable bonds is 3. The van der Waals surface area contributed by atoms with E-state index in [0.29, 0.717) is 16.4 Å². The van der Waals surface area contributed by atoms with Crippen LogP contribution >= 0.6 is 11.9 Å². The molecule has 19 heavy (non-hydrogen) atoms. The van der Waals surface area contributed by atoms with Crippen molar-refractivity contribution in [2.24, 2.45) is 0 Å². The summed E-state index contributed by atoms with van der Waals surface area (Å²) in [6.45, 7) is 0. The lowest BCUT2D eigenvalue weighted by Crippen LogP contribution is -2.49. The molecule has 0 aliphatic carbocycles. The SMILES string of the molecule is CNC(=O)N(C(=N)OC)C(=O)NSCc1ccco1. The van der Waals surface area contributed by atoms with Gasteiger partial charge in [0, 0.05) is 7.05 Å². The van der Waals surface area contributed by atoms with Crippen molar-refractivity contribution in [2.45, 2.75) is 5.75 Å². The Hall–Kier alpha value is -2.16. The fraction of sp³-hybridized carbons (Fsp3) is 0.300. The number of carbonyl (C=O) groups excluding carboxylic acids is 2. The van der Waals surface area contributed by atoms with Gasteiger partial charge in [0.15, 0.2) is 0 Å². The molecule has 104 valence electrons. The number of amides is 4. The maximum absolute atomic E-state index is 11.8. The van der Waals surface area contributed by atoms with Crippen LogP contribution in [0, 0.1) is 5.41 Å². The number of imide groups is 1. The number of urea groups is 2. The zero-order valence-electron chi connectivity index (χ0n) is 10.4. The lowest BCUT2D eigenvalue weighted by Gasteiger charge is -2.18. The van der Waals surface area contributed by atoms with Crippen molar-refractivity contribution >= 4 is 30.0 Å². The molecule has 1 aromatic heterocycles. The minimum absolute atomic E-state index is 0.403. The standard InChI is InChI=1S/C10H14N4O4S/c1-12-9(15)14(8(11)17-2)10(16)13-19-6-7-4-3-5-18-7/h3-5,11H,6H2,1-2H3,(H,12,15)(H,13,16). The van der Waals surface area contributed by atoms with Crippen LogP contribution < -0.4 is 10.0 Å². The summed E-state index contributed by atoms with van der Waals surface area (Å²) in [5, 5.41) is 9.63. The highest BCUT2D eigenvalue weighted by Gasteiger charge is 2.26. The molecule has 0 radical (unpaired) electrons. The van der Waals surface area contributed by atoms with Crippen LogP contribution in [0.2, 0.25) is 0 Å². The van der Waals surface area contributed by atoms with Crippen molar-refractivity contribution in [3.05, 3.63) is 24.2 Å². The van der Waals surface area contributed by atoms with Crippen molar-refractivity contribution in [3.63, 3.8) is 0 Å². The molecule has 4 amide bonds. The van der Waals surface area contributed by atoms with Crippen LogP contribution in [0.1, 0.15) is 5.76 Å². The minimum Gasteiger partial charge on any atom is -0.468 e. The predicted octanol–water partition coefficient (Wildman–Crippen LogP) is 1.36.